The molecule has 0 fully saturated rings. The highest BCUT2D eigenvalue weighted by molar-refractivity contribution is 8.03. The van der Waals surface area contributed by atoms with E-state index in [9.17, 15) is 0 Å². The van der Waals surface area contributed by atoms with Crippen molar-refractivity contribution in [3.63, 3.8) is 0 Å². The molecule has 2 nitrogen and oxygen atoms in total. The van der Waals surface area contributed by atoms with Crippen LogP contribution in [0.5, 0.6) is 0 Å². The average Bonchev–Trinajstić information content (AvgIpc) is 2.16. The van der Waals surface area contributed by atoms with Gasteiger partial charge in [-0.05, 0) is 12.1 Å². The predicted octanol–water partition coefficient (Wildman–Crippen LogP) is 2.70. The topological polar surface area (TPSA) is 44.0 Å². The lowest BCUT2D eigenvalue weighted by Gasteiger charge is -1.95. The number of thioether (sulfide) groups is 1. The fourth-order valence-corrected chi connectivity index (χ4v) is 1.34. The lowest BCUT2D eigenvalue weighted by Crippen LogP contribution is -1.72. The third-order valence-electron chi connectivity index (χ3n) is 1.20. The molecule has 1 rings (SSSR count). The zero-order valence-corrected chi connectivity index (χ0v) is 7.08. The number of aliphatic hydroxyl groups is 1. The summed E-state index contributed by atoms with van der Waals surface area (Å²) in [6.07, 6.45) is 0.817. The van der Waals surface area contributed by atoms with Gasteiger partial charge in [-0.1, -0.05) is 30.0 Å². The summed E-state index contributed by atoms with van der Waals surface area (Å²) in [4.78, 5) is 1.24. The largest absolute Gasteiger partial charge is 0.514 e. The van der Waals surface area contributed by atoms with Crippen LogP contribution in [0, 0.1) is 11.3 Å². The van der Waals surface area contributed by atoms with Gasteiger partial charge in [0.05, 0.1) is 0 Å². The molecule has 0 saturated carbocycles. The molecule has 0 radical (unpaired) electrons. The number of benzene rings is 1. The maximum atomic E-state index is 8.58. The molecule has 1 aromatic rings. The van der Waals surface area contributed by atoms with E-state index in [4.69, 9.17) is 10.4 Å². The smallest absolute Gasteiger partial charge is 0.124 e. The first-order valence-electron chi connectivity index (χ1n) is 3.34. The molecule has 1 aromatic carbocycles. The van der Waals surface area contributed by atoms with Crippen LogP contribution in [-0.2, 0) is 0 Å². The summed E-state index contributed by atoms with van der Waals surface area (Å²) in [5.74, 6) is 0. The molecule has 0 aliphatic carbocycles. The van der Waals surface area contributed by atoms with E-state index in [1.54, 1.807) is 0 Å². The minimum absolute atomic E-state index is 0.293. The van der Waals surface area contributed by atoms with Crippen LogP contribution in [0.1, 0.15) is 0 Å². The Bertz CT molecular complexity index is 313. The van der Waals surface area contributed by atoms with Crippen molar-refractivity contribution in [1.29, 1.82) is 5.26 Å². The number of hydrogen-bond donors (Lipinski definition) is 1. The molecule has 3 heteroatoms. The fourth-order valence-electron chi connectivity index (χ4n) is 0.694. The Labute approximate surface area is 75.1 Å². The highest BCUT2D eigenvalue weighted by Crippen LogP contribution is 2.24. The molecule has 0 saturated heterocycles. The van der Waals surface area contributed by atoms with E-state index in [0.29, 0.717) is 4.91 Å². The fraction of sp³-hybridized carbons (Fsp3) is 0. The zero-order chi connectivity index (χ0) is 8.81. The summed E-state index contributed by atoms with van der Waals surface area (Å²) in [5.41, 5.74) is 0. The van der Waals surface area contributed by atoms with Crippen LogP contribution >= 0.6 is 11.8 Å². The van der Waals surface area contributed by atoms with Gasteiger partial charge in [-0.3, -0.25) is 0 Å². The molecule has 0 amide bonds. The summed E-state index contributed by atoms with van der Waals surface area (Å²) < 4.78 is 0. The number of allylic oxidation sites excluding steroid dienone is 1. The minimum atomic E-state index is 0.293. The molecule has 0 aliphatic rings. The van der Waals surface area contributed by atoms with Crippen molar-refractivity contribution < 1.29 is 5.11 Å². The monoisotopic (exact) mass is 177 g/mol. The van der Waals surface area contributed by atoms with Crippen molar-refractivity contribution in [3.05, 3.63) is 41.5 Å². The van der Waals surface area contributed by atoms with E-state index in [1.807, 2.05) is 36.4 Å². The van der Waals surface area contributed by atoms with Gasteiger partial charge in [0.15, 0.2) is 0 Å². The maximum Gasteiger partial charge on any atom is 0.124 e. The van der Waals surface area contributed by atoms with Gasteiger partial charge >= 0.3 is 0 Å². The quantitative estimate of drug-likeness (QED) is 0.429. The summed E-state index contributed by atoms with van der Waals surface area (Å²) in [5, 5.41) is 17.1. The summed E-state index contributed by atoms with van der Waals surface area (Å²) >= 11 is 1.24. The van der Waals surface area contributed by atoms with E-state index in [-0.39, 0.29) is 0 Å². The second kappa shape index (κ2) is 4.47. The SMILES string of the molecule is N#C/C(=C\O)Sc1ccccc1. The van der Waals surface area contributed by atoms with Crippen LogP contribution in [0.2, 0.25) is 0 Å². The van der Waals surface area contributed by atoms with Crippen LogP contribution in [0.4, 0.5) is 0 Å². The molecular weight excluding hydrogens is 170 g/mol. The van der Waals surface area contributed by atoms with Gasteiger partial charge < -0.3 is 5.11 Å². The lowest BCUT2D eigenvalue weighted by atomic mass is 10.4. The Morgan fingerprint density at radius 2 is 2.08 bits per heavy atom. The first-order valence-corrected chi connectivity index (χ1v) is 4.16. The number of nitriles is 1. The molecule has 0 heterocycles. The Morgan fingerprint density at radius 3 is 2.58 bits per heavy atom. The summed E-state index contributed by atoms with van der Waals surface area (Å²) in [6, 6.07) is 11.3. The molecule has 0 atom stereocenters. The number of nitrogens with zero attached hydrogens (tertiary/aromatic N) is 1. The zero-order valence-electron chi connectivity index (χ0n) is 6.27. The molecule has 0 unspecified atom stereocenters. The first-order chi connectivity index (χ1) is 5.86. The standard InChI is InChI=1S/C9H7NOS/c10-6-9(7-11)12-8-4-2-1-3-5-8/h1-5,7,11H/b9-7+. The van der Waals surface area contributed by atoms with Gasteiger partial charge in [0.1, 0.15) is 17.2 Å². The second-order valence-electron chi connectivity index (χ2n) is 2.02. The third kappa shape index (κ3) is 2.33. The lowest BCUT2D eigenvalue weighted by molar-refractivity contribution is 0.473. The Hall–Kier alpha value is -1.40. The molecule has 0 aromatic heterocycles. The van der Waals surface area contributed by atoms with Crippen molar-refractivity contribution >= 4 is 11.8 Å². The van der Waals surface area contributed by atoms with E-state index < -0.39 is 0 Å². The molecule has 60 valence electrons. The van der Waals surface area contributed by atoms with Gasteiger partial charge in [0.2, 0.25) is 0 Å². The Kier molecular flexibility index (Phi) is 3.24. The molecule has 0 spiro atoms. The maximum absolute atomic E-state index is 8.58. The van der Waals surface area contributed by atoms with Crippen LogP contribution in [-0.4, -0.2) is 5.11 Å². The van der Waals surface area contributed by atoms with Crippen molar-refractivity contribution in [2.24, 2.45) is 0 Å². The van der Waals surface area contributed by atoms with Crippen LogP contribution in [0.15, 0.2) is 46.4 Å². The van der Waals surface area contributed by atoms with Crippen LogP contribution in [0.3, 0.4) is 0 Å². The summed E-state index contributed by atoms with van der Waals surface area (Å²) in [6.45, 7) is 0. The van der Waals surface area contributed by atoms with E-state index in [0.717, 1.165) is 11.2 Å². The van der Waals surface area contributed by atoms with Gasteiger partial charge in [0, 0.05) is 4.90 Å². The van der Waals surface area contributed by atoms with Crippen molar-refractivity contribution in [1.82, 2.24) is 0 Å². The van der Waals surface area contributed by atoms with E-state index >= 15 is 0 Å². The molecule has 1 N–H and O–H groups in total. The van der Waals surface area contributed by atoms with E-state index in [1.165, 1.54) is 11.8 Å². The van der Waals surface area contributed by atoms with Gasteiger partial charge in [0.25, 0.3) is 0 Å². The normalized spacial score (nSPS) is 10.8. The minimum Gasteiger partial charge on any atom is -0.514 e. The van der Waals surface area contributed by atoms with Crippen molar-refractivity contribution in [2.75, 3.05) is 0 Å². The summed E-state index contributed by atoms with van der Waals surface area (Å²) in [7, 11) is 0. The van der Waals surface area contributed by atoms with Gasteiger partial charge in [-0.25, -0.2) is 0 Å². The number of rotatable bonds is 2. The van der Waals surface area contributed by atoms with Gasteiger partial charge in [-0.2, -0.15) is 5.26 Å². The highest BCUT2D eigenvalue weighted by Gasteiger charge is 1.97. The first kappa shape index (κ1) is 8.69. The molecule has 12 heavy (non-hydrogen) atoms. The number of hydrogen-bond acceptors (Lipinski definition) is 3. The molecular formula is C9H7NOS. The molecule has 0 aliphatic heterocycles. The van der Waals surface area contributed by atoms with Crippen molar-refractivity contribution in [3.8, 4) is 6.07 Å². The van der Waals surface area contributed by atoms with Crippen LogP contribution < -0.4 is 0 Å². The highest BCUT2D eigenvalue weighted by atomic mass is 32.2. The Morgan fingerprint density at radius 1 is 1.42 bits per heavy atom. The average molecular weight is 177 g/mol. The Balaban J connectivity index is 2.72. The third-order valence-corrected chi connectivity index (χ3v) is 2.12. The van der Waals surface area contributed by atoms with Crippen molar-refractivity contribution in [2.45, 2.75) is 4.90 Å². The second-order valence-corrected chi connectivity index (χ2v) is 3.14. The number of aliphatic hydroxyl groups excluding tert-OH is 1. The molecule has 0 bridgehead atoms. The van der Waals surface area contributed by atoms with Gasteiger partial charge in [-0.15, -0.1) is 0 Å². The predicted molar refractivity (Wildman–Crippen MR) is 48.6 cm³/mol. The van der Waals surface area contributed by atoms with E-state index in [2.05, 4.69) is 0 Å². The van der Waals surface area contributed by atoms with Crippen LogP contribution in [0.25, 0.3) is 0 Å².